The van der Waals surface area contributed by atoms with E-state index in [0.717, 1.165) is 6.42 Å². The van der Waals surface area contributed by atoms with Gasteiger partial charge in [-0.05, 0) is 12.5 Å². The lowest BCUT2D eigenvalue weighted by Gasteiger charge is -2.23. The molecule has 0 fully saturated rings. The second kappa shape index (κ2) is 7.48. The minimum absolute atomic E-state index is 0.130. The van der Waals surface area contributed by atoms with Gasteiger partial charge in [-0.25, -0.2) is 0 Å². The maximum atomic E-state index is 12.8. The summed E-state index contributed by atoms with van der Waals surface area (Å²) in [4.78, 5) is 3.88. The van der Waals surface area contributed by atoms with Gasteiger partial charge in [-0.2, -0.15) is 13.2 Å². The predicted octanol–water partition coefficient (Wildman–Crippen LogP) is 3.34. The van der Waals surface area contributed by atoms with Crippen molar-refractivity contribution in [2.24, 2.45) is 4.99 Å². The molecule has 0 saturated carbocycles. The molecule has 0 aromatic carbocycles. The summed E-state index contributed by atoms with van der Waals surface area (Å²) in [6, 6.07) is -1.75. The van der Waals surface area contributed by atoms with Crippen molar-refractivity contribution in [1.29, 1.82) is 0 Å². The maximum absolute atomic E-state index is 12.8. The zero-order valence-electron chi connectivity index (χ0n) is 10.8. The van der Waals surface area contributed by atoms with Crippen LogP contribution in [0.2, 0.25) is 0 Å². The highest BCUT2D eigenvalue weighted by Crippen LogP contribution is 2.23. The summed E-state index contributed by atoms with van der Waals surface area (Å²) in [6.45, 7) is 5.32. The normalized spacial score (nSPS) is 15.9. The van der Waals surface area contributed by atoms with Crippen molar-refractivity contribution in [3.05, 3.63) is 12.2 Å². The van der Waals surface area contributed by atoms with Crippen LogP contribution < -0.4 is 5.32 Å². The van der Waals surface area contributed by atoms with Gasteiger partial charge in [0.1, 0.15) is 6.04 Å². The van der Waals surface area contributed by atoms with E-state index in [0.29, 0.717) is 5.71 Å². The van der Waals surface area contributed by atoms with Gasteiger partial charge in [-0.3, -0.25) is 4.99 Å². The van der Waals surface area contributed by atoms with Gasteiger partial charge in [-0.1, -0.05) is 26.8 Å². The van der Waals surface area contributed by atoms with Crippen molar-refractivity contribution >= 4 is 5.71 Å². The fourth-order valence-corrected chi connectivity index (χ4v) is 1.37. The van der Waals surface area contributed by atoms with Gasteiger partial charge in [0.05, 0.1) is 0 Å². The van der Waals surface area contributed by atoms with Crippen molar-refractivity contribution in [1.82, 2.24) is 5.32 Å². The Morgan fingerprint density at radius 1 is 1.35 bits per heavy atom. The van der Waals surface area contributed by atoms with E-state index in [2.05, 4.69) is 10.3 Å². The SMILES string of the molecule is CC/C=C\C(CC(NC(C)C)C(F)(F)F)=NC. The zero-order chi connectivity index (χ0) is 13.5. The molecule has 0 aliphatic rings. The highest BCUT2D eigenvalue weighted by molar-refractivity contribution is 5.95. The van der Waals surface area contributed by atoms with E-state index >= 15 is 0 Å². The Labute approximate surface area is 101 Å². The summed E-state index contributed by atoms with van der Waals surface area (Å²) in [5.41, 5.74) is 0.460. The molecule has 0 amide bonds. The Bertz CT molecular complexity index is 267. The quantitative estimate of drug-likeness (QED) is 0.718. The standard InChI is InChI=1S/C12H21F3N2/c1-5-6-7-10(16-4)8-11(12(13,14)15)17-9(2)3/h6-7,9,11,17H,5,8H2,1-4H3/b7-6-,16-10?. The van der Waals surface area contributed by atoms with Crippen LogP contribution in [-0.2, 0) is 0 Å². The summed E-state index contributed by atoms with van der Waals surface area (Å²) in [7, 11) is 1.51. The summed E-state index contributed by atoms with van der Waals surface area (Å²) < 4.78 is 38.3. The third-order valence-electron chi connectivity index (χ3n) is 2.18. The highest BCUT2D eigenvalue weighted by atomic mass is 19.4. The molecule has 2 nitrogen and oxygen atoms in total. The van der Waals surface area contributed by atoms with E-state index in [-0.39, 0.29) is 12.5 Å². The molecule has 0 aliphatic carbocycles. The number of hydrogen-bond acceptors (Lipinski definition) is 2. The number of nitrogens with zero attached hydrogens (tertiary/aromatic N) is 1. The first-order chi connectivity index (χ1) is 7.81. The lowest BCUT2D eigenvalue weighted by Crippen LogP contribution is -2.46. The van der Waals surface area contributed by atoms with Crippen LogP contribution in [0.4, 0.5) is 13.2 Å². The highest BCUT2D eigenvalue weighted by Gasteiger charge is 2.39. The maximum Gasteiger partial charge on any atom is 0.404 e. The smallest absolute Gasteiger partial charge is 0.304 e. The lowest BCUT2D eigenvalue weighted by molar-refractivity contribution is -0.155. The summed E-state index contributed by atoms with van der Waals surface area (Å²) in [5.74, 6) is 0. The average Bonchev–Trinajstić information content (AvgIpc) is 2.20. The van der Waals surface area contributed by atoms with Crippen LogP contribution in [0.5, 0.6) is 0 Å². The molecular weight excluding hydrogens is 229 g/mol. The number of allylic oxidation sites excluding steroid dienone is 2. The summed E-state index contributed by atoms with van der Waals surface area (Å²) >= 11 is 0. The van der Waals surface area contributed by atoms with E-state index in [1.165, 1.54) is 7.05 Å². The van der Waals surface area contributed by atoms with E-state index in [1.807, 2.05) is 13.0 Å². The molecule has 0 spiro atoms. The summed E-state index contributed by atoms with van der Waals surface area (Å²) in [5, 5.41) is 2.52. The average molecular weight is 250 g/mol. The molecule has 1 unspecified atom stereocenters. The molecule has 0 aliphatic heterocycles. The Morgan fingerprint density at radius 3 is 2.29 bits per heavy atom. The van der Waals surface area contributed by atoms with Gasteiger partial charge in [0.15, 0.2) is 0 Å². The van der Waals surface area contributed by atoms with Gasteiger partial charge >= 0.3 is 6.18 Å². The monoisotopic (exact) mass is 250 g/mol. The fourth-order valence-electron chi connectivity index (χ4n) is 1.37. The Balaban J connectivity index is 4.67. The molecule has 0 radical (unpaired) electrons. The fraction of sp³-hybridized carbons (Fsp3) is 0.750. The first kappa shape index (κ1) is 16.2. The molecule has 0 heterocycles. The van der Waals surface area contributed by atoms with Crippen LogP contribution in [0, 0.1) is 0 Å². The van der Waals surface area contributed by atoms with Gasteiger partial charge in [0.25, 0.3) is 0 Å². The molecule has 0 bridgehead atoms. The van der Waals surface area contributed by atoms with Crippen molar-refractivity contribution in [3.63, 3.8) is 0 Å². The van der Waals surface area contributed by atoms with Crippen molar-refractivity contribution in [3.8, 4) is 0 Å². The molecule has 1 N–H and O–H groups in total. The Kier molecular flexibility index (Phi) is 7.11. The number of aliphatic imine (C=N–C) groups is 1. The van der Waals surface area contributed by atoms with Crippen LogP contribution in [0.15, 0.2) is 17.1 Å². The minimum atomic E-state index is -4.25. The number of nitrogens with one attached hydrogen (secondary N) is 1. The van der Waals surface area contributed by atoms with Crippen molar-refractivity contribution in [2.45, 2.75) is 51.9 Å². The Morgan fingerprint density at radius 2 is 1.94 bits per heavy atom. The minimum Gasteiger partial charge on any atom is -0.304 e. The first-order valence-corrected chi connectivity index (χ1v) is 5.76. The Hall–Kier alpha value is -0.840. The zero-order valence-corrected chi connectivity index (χ0v) is 10.8. The van der Waals surface area contributed by atoms with E-state index in [9.17, 15) is 13.2 Å². The molecule has 100 valence electrons. The van der Waals surface area contributed by atoms with Gasteiger partial charge in [0.2, 0.25) is 0 Å². The lowest BCUT2D eigenvalue weighted by atomic mass is 10.1. The van der Waals surface area contributed by atoms with Crippen LogP contribution >= 0.6 is 0 Å². The molecular formula is C12H21F3N2. The second-order valence-electron chi connectivity index (χ2n) is 4.15. The number of alkyl halides is 3. The van der Waals surface area contributed by atoms with Gasteiger partial charge in [0, 0.05) is 25.2 Å². The molecule has 0 aromatic heterocycles. The third-order valence-corrected chi connectivity index (χ3v) is 2.18. The molecule has 0 rings (SSSR count). The van der Waals surface area contributed by atoms with E-state index in [4.69, 9.17) is 0 Å². The molecule has 1 atom stereocenters. The molecule has 5 heteroatoms. The van der Waals surface area contributed by atoms with Crippen molar-refractivity contribution < 1.29 is 13.2 Å². The van der Waals surface area contributed by atoms with E-state index < -0.39 is 12.2 Å². The summed E-state index contributed by atoms with van der Waals surface area (Å²) in [6.07, 6.45) is -0.131. The largest absolute Gasteiger partial charge is 0.404 e. The number of rotatable bonds is 6. The van der Waals surface area contributed by atoms with Crippen LogP contribution in [0.25, 0.3) is 0 Å². The van der Waals surface area contributed by atoms with Crippen LogP contribution in [0.3, 0.4) is 0 Å². The van der Waals surface area contributed by atoms with Crippen LogP contribution in [-0.4, -0.2) is 31.0 Å². The molecule has 17 heavy (non-hydrogen) atoms. The molecule has 0 aromatic rings. The third kappa shape index (κ3) is 7.15. The van der Waals surface area contributed by atoms with Crippen molar-refractivity contribution in [2.75, 3.05) is 7.05 Å². The second-order valence-corrected chi connectivity index (χ2v) is 4.15. The van der Waals surface area contributed by atoms with Crippen LogP contribution in [0.1, 0.15) is 33.6 Å². The number of halogens is 3. The first-order valence-electron chi connectivity index (χ1n) is 5.76. The van der Waals surface area contributed by atoms with Gasteiger partial charge in [-0.15, -0.1) is 0 Å². The molecule has 0 saturated heterocycles. The predicted molar refractivity (Wildman–Crippen MR) is 65.5 cm³/mol. The number of hydrogen-bond donors (Lipinski definition) is 1. The topological polar surface area (TPSA) is 24.4 Å². The van der Waals surface area contributed by atoms with E-state index in [1.54, 1.807) is 19.9 Å². The van der Waals surface area contributed by atoms with Gasteiger partial charge < -0.3 is 5.32 Å².